The number of alkyl carbamates (subject to hydrolysis) is 1. The molecule has 0 aromatic carbocycles. The van der Waals surface area contributed by atoms with Gasteiger partial charge in [-0.1, -0.05) is 0 Å². The average Bonchev–Trinajstić information content (AvgIpc) is 2.37. The molecule has 5 nitrogen and oxygen atoms in total. The maximum absolute atomic E-state index is 11.5. The predicted molar refractivity (Wildman–Crippen MR) is 82.9 cm³/mol. The van der Waals surface area contributed by atoms with Gasteiger partial charge in [-0.25, -0.2) is 4.79 Å². The fourth-order valence-electron chi connectivity index (χ4n) is 2.74. The van der Waals surface area contributed by atoms with Crippen LogP contribution < -0.4 is 5.32 Å². The Morgan fingerprint density at radius 2 is 1.90 bits per heavy atom. The standard InChI is InChI=1S/C16H29N2O3/c1-16(2,3)21-15(20)17-10-11-18(4)14-7-5-13(6-8-14)9-12-19/h13-14H,5-11H2,1-4H3,(H,17,20). The van der Waals surface area contributed by atoms with Crippen molar-refractivity contribution in [3.63, 3.8) is 0 Å². The molecule has 1 radical (unpaired) electrons. The minimum absolute atomic E-state index is 0.360. The highest BCUT2D eigenvalue weighted by atomic mass is 16.6. The van der Waals surface area contributed by atoms with Gasteiger partial charge in [-0.15, -0.1) is 0 Å². The fourth-order valence-corrected chi connectivity index (χ4v) is 2.74. The lowest BCUT2D eigenvalue weighted by Gasteiger charge is -2.34. The van der Waals surface area contributed by atoms with E-state index in [-0.39, 0.29) is 6.09 Å². The normalized spacial score (nSPS) is 22.9. The number of hydrogen-bond donors (Lipinski definition) is 1. The molecule has 1 amide bonds. The molecule has 1 rings (SSSR count). The zero-order chi connectivity index (χ0) is 15.9. The minimum atomic E-state index is -0.454. The lowest BCUT2D eigenvalue weighted by atomic mass is 9.84. The molecule has 1 fully saturated rings. The summed E-state index contributed by atoms with van der Waals surface area (Å²) in [4.78, 5) is 24.2. The molecule has 0 spiro atoms. The van der Waals surface area contributed by atoms with Gasteiger partial charge in [-0.05, 0) is 59.4 Å². The summed E-state index contributed by atoms with van der Waals surface area (Å²) in [6.45, 7) is 6.97. The first-order chi connectivity index (χ1) is 9.81. The smallest absolute Gasteiger partial charge is 0.407 e. The Morgan fingerprint density at radius 1 is 1.29 bits per heavy atom. The van der Waals surface area contributed by atoms with Gasteiger partial charge in [-0.3, -0.25) is 4.79 Å². The molecule has 1 saturated carbocycles. The number of carbonyl (C=O) groups excluding carboxylic acids is 2. The van der Waals surface area contributed by atoms with E-state index in [0.717, 1.165) is 32.2 Å². The van der Waals surface area contributed by atoms with Gasteiger partial charge in [0.05, 0.1) is 0 Å². The van der Waals surface area contributed by atoms with E-state index in [0.29, 0.717) is 24.9 Å². The van der Waals surface area contributed by atoms with Gasteiger partial charge < -0.3 is 15.0 Å². The third-order valence-corrected chi connectivity index (χ3v) is 3.94. The van der Waals surface area contributed by atoms with Gasteiger partial charge in [0.25, 0.3) is 0 Å². The molecule has 0 unspecified atom stereocenters. The summed E-state index contributed by atoms with van der Waals surface area (Å²) >= 11 is 0. The van der Waals surface area contributed by atoms with Crippen LogP contribution in [0, 0.1) is 5.92 Å². The summed E-state index contributed by atoms with van der Waals surface area (Å²) in [5.74, 6) is 0.520. The Balaban J connectivity index is 2.18. The van der Waals surface area contributed by atoms with E-state index in [9.17, 15) is 9.59 Å². The highest BCUT2D eigenvalue weighted by Crippen LogP contribution is 2.28. The second-order valence-corrected chi connectivity index (χ2v) is 6.93. The largest absolute Gasteiger partial charge is 0.444 e. The number of nitrogens with one attached hydrogen (secondary N) is 1. The lowest BCUT2D eigenvalue weighted by Crippen LogP contribution is -2.41. The van der Waals surface area contributed by atoms with E-state index in [4.69, 9.17) is 4.74 Å². The molecule has 0 heterocycles. The van der Waals surface area contributed by atoms with Crippen LogP contribution in [0.15, 0.2) is 0 Å². The van der Waals surface area contributed by atoms with Crippen molar-refractivity contribution in [3.05, 3.63) is 0 Å². The zero-order valence-corrected chi connectivity index (χ0v) is 13.8. The monoisotopic (exact) mass is 297 g/mol. The van der Waals surface area contributed by atoms with Crippen LogP contribution in [-0.4, -0.2) is 49.1 Å². The second kappa shape index (κ2) is 8.37. The number of ether oxygens (including phenoxy) is 1. The number of hydrogen-bond acceptors (Lipinski definition) is 4. The van der Waals surface area contributed by atoms with Crippen LogP contribution in [-0.2, 0) is 9.53 Å². The topological polar surface area (TPSA) is 58.6 Å². The van der Waals surface area contributed by atoms with Gasteiger partial charge in [0.2, 0.25) is 0 Å². The highest BCUT2D eigenvalue weighted by molar-refractivity contribution is 5.67. The molecule has 0 aliphatic heterocycles. The van der Waals surface area contributed by atoms with E-state index < -0.39 is 5.60 Å². The second-order valence-electron chi connectivity index (χ2n) is 6.93. The highest BCUT2D eigenvalue weighted by Gasteiger charge is 2.24. The van der Waals surface area contributed by atoms with Gasteiger partial charge in [0.15, 0.2) is 6.29 Å². The Hall–Kier alpha value is -1.10. The van der Waals surface area contributed by atoms with Crippen molar-refractivity contribution in [1.82, 2.24) is 10.2 Å². The maximum atomic E-state index is 11.5. The molecule has 1 N–H and O–H groups in total. The van der Waals surface area contributed by atoms with Crippen LogP contribution >= 0.6 is 0 Å². The summed E-state index contributed by atoms with van der Waals surface area (Å²) in [6, 6.07) is 0.549. The molecule has 0 aromatic heterocycles. The Kier molecular flexibility index (Phi) is 7.15. The van der Waals surface area contributed by atoms with E-state index >= 15 is 0 Å². The van der Waals surface area contributed by atoms with Crippen LogP contribution in [0.5, 0.6) is 0 Å². The summed E-state index contributed by atoms with van der Waals surface area (Å²) in [5, 5.41) is 2.78. The zero-order valence-electron chi connectivity index (χ0n) is 13.8. The van der Waals surface area contributed by atoms with E-state index in [1.807, 2.05) is 27.1 Å². The van der Waals surface area contributed by atoms with Crippen LogP contribution in [0.4, 0.5) is 4.79 Å². The van der Waals surface area contributed by atoms with Crippen LogP contribution in [0.2, 0.25) is 0 Å². The quantitative estimate of drug-likeness (QED) is 0.818. The molecule has 0 atom stereocenters. The summed E-state index contributed by atoms with van der Waals surface area (Å²) < 4.78 is 5.20. The number of carbonyl (C=O) groups is 1. The van der Waals surface area contributed by atoms with Crippen molar-refractivity contribution >= 4 is 12.4 Å². The molecule has 1 aliphatic rings. The molecule has 0 saturated heterocycles. The van der Waals surface area contributed by atoms with Crippen molar-refractivity contribution < 1.29 is 14.3 Å². The fraction of sp³-hybridized carbons (Fsp3) is 0.875. The third-order valence-electron chi connectivity index (χ3n) is 3.94. The molecule has 5 heteroatoms. The molecule has 21 heavy (non-hydrogen) atoms. The Bertz CT molecular complexity index is 331. The number of nitrogens with zero attached hydrogens (tertiary/aromatic N) is 1. The van der Waals surface area contributed by atoms with Gasteiger partial charge in [-0.2, -0.15) is 0 Å². The Labute approximate surface area is 128 Å². The van der Waals surface area contributed by atoms with Crippen molar-refractivity contribution in [2.45, 2.75) is 64.5 Å². The van der Waals surface area contributed by atoms with E-state index in [1.54, 1.807) is 0 Å². The van der Waals surface area contributed by atoms with Crippen molar-refractivity contribution in [3.8, 4) is 0 Å². The van der Waals surface area contributed by atoms with E-state index in [2.05, 4.69) is 17.3 Å². The van der Waals surface area contributed by atoms with Crippen molar-refractivity contribution in [2.75, 3.05) is 20.1 Å². The number of likely N-dealkylation sites (N-methyl/N-ethyl adjacent to an activating group) is 1. The average molecular weight is 297 g/mol. The summed E-state index contributed by atoms with van der Waals surface area (Å²) in [6.07, 6.45) is 6.68. The van der Waals surface area contributed by atoms with Gasteiger partial charge in [0, 0.05) is 25.6 Å². The van der Waals surface area contributed by atoms with E-state index in [1.165, 1.54) is 0 Å². The van der Waals surface area contributed by atoms with Crippen LogP contribution in [0.1, 0.15) is 52.9 Å². The summed E-state index contributed by atoms with van der Waals surface area (Å²) in [5.41, 5.74) is -0.454. The summed E-state index contributed by atoms with van der Waals surface area (Å²) in [7, 11) is 2.09. The maximum Gasteiger partial charge on any atom is 0.407 e. The minimum Gasteiger partial charge on any atom is -0.444 e. The van der Waals surface area contributed by atoms with Gasteiger partial charge in [0.1, 0.15) is 5.60 Å². The predicted octanol–water partition coefficient (Wildman–Crippen LogP) is 2.50. The molecular weight excluding hydrogens is 268 g/mol. The lowest BCUT2D eigenvalue weighted by molar-refractivity contribution is 0.0518. The van der Waals surface area contributed by atoms with Crippen LogP contribution in [0.3, 0.4) is 0 Å². The number of rotatable bonds is 6. The molecule has 0 aromatic rings. The first kappa shape index (κ1) is 18.0. The number of amides is 1. The van der Waals surface area contributed by atoms with Crippen molar-refractivity contribution in [1.29, 1.82) is 0 Å². The molecule has 1 aliphatic carbocycles. The molecule has 121 valence electrons. The first-order valence-electron chi connectivity index (χ1n) is 7.84. The van der Waals surface area contributed by atoms with Crippen molar-refractivity contribution in [2.24, 2.45) is 5.92 Å². The Morgan fingerprint density at radius 3 is 2.43 bits per heavy atom. The SMILES string of the molecule is CN(CCNC(=O)OC(C)(C)C)C1CCC(C[C]=O)CC1. The third kappa shape index (κ3) is 7.46. The first-order valence-corrected chi connectivity index (χ1v) is 7.84. The molecule has 0 bridgehead atoms. The van der Waals surface area contributed by atoms with Gasteiger partial charge >= 0.3 is 6.09 Å². The van der Waals surface area contributed by atoms with Crippen LogP contribution in [0.25, 0.3) is 0 Å². The molecular formula is C16H29N2O3.